The Balaban J connectivity index is 1.89. The van der Waals surface area contributed by atoms with E-state index in [-0.39, 0.29) is 11.3 Å². The molecule has 0 atom stereocenters. The van der Waals surface area contributed by atoms with E-state index in [1.165, 1.54) is 0 Å². The second-order valence-electron chi connectivity index (χ2n) is 3.80. The first kappa shape index (κ1) is 13.0. The lowest BCUT2D eigenvalue weighted by atomic mass is 10.3. The minimum Gasteiger partial charge on any atom is -0.464 e. The minimum absolute atomic E-state index is 0.0878. The maximum absolute atomic E-state index is 5.84. The first-order chi connectivity index (χ1) is 9.74. The molecule has 3 aromatic rings. The van der Waals surface area contributed by atoms with Gasteiger partial charge in [-0.3, -0.25) is 0 Å². The third kappa shape index (κ3) is 2.78. The highest BCUT2D eigenvalue weighted by atomic mass is 35.5. The summed E-state index contributed by atoms with van der Waals surface area (Å²) in [5.41, 5.74) is 3.62. The molecule has 0 fully saturated rings. The van der Waals surface area contributed by atoms with Gasteiger partial charge in [0.05, 0.1) is 22.3 Å². The molecule has 8 heteroatoms. The van der Waals surface area contributed by atoms with Crippen molar-refractivity contribution in [1.82, 2.24) is 19.9 Å². The van der Waals surface area contributed by atoms with Gasteiger partial charge in [0.2, 0.25) is 11.2 Å². The molecule has 102 valence electrons. The van der Waals surface area contributed by atoms with Gasteiger partial charge < -0.3 is 10.1 Å². The Morgan fingerprint density at radius 1 is 1.30 bits per heavy atom. The van der Waals surface area contributed by atoms with Crippen molar-refractivity contribution in [3.63, 3.8) is 0 Å². The molecular weight excluding hydrogens is 298 g/mol. The molecule has 2 aromatic heterocycles. The summed E-state index contributed by atoms with van der Waals surface area (Å²) in [6, 6.07) is 6.01. The van der Waals surface area contributed by atoms with Crippen molar-refractivity contribution < 1.29 is 4.74 Å². The van der Waals surface area contributed by atoms with Crippen LogP contribution >= 0.6 is 22.9 Å². The van der Waals surface area contributed by atoms with Crippen molar-refractivity contribution in [3.8, 4) is 6.01 Å². The molecular formula is C12H10ClN5OS. The third-order valence-corrected chi connectivity index (χ3v) is 3.41. The van der Waals surface area contributed by atoms with E-state index >= 15 is 0 Å². The lowest BCUT2D eigenvalue weighted by molar-refractivity contribution is 0.312. The summed E-state index contributed by atoms with van der Waals surface area (Å²) in [6.45, 7) is 2.31. The van der Waals surface area contributed by atoms with E-state index in [0.717, 1.165) is 15.9 Å². The summed E-state index contributed by atoms with van der Waals surface area (Å²) in [4.78, 5) is 16.3. The molecule has 0 aliphatic carbocycles. The molecule has 1 aromatic carbocycles. The molecule has 0 bridgehead atoms. The van der Waals surface area contributed by atoms with E-state index in [1.54, 1.807) is 16.8 Å². The number of nitrogens with zero attached hydrogens (tertiary/aromatic N) is 4. The van der Waals surface area contributed by atoms with Crippen LogP contribution in [0.15, 0.2) is 23.7 Å². The van der Waals surface area contributed by atoms with E-state index in [0.29, 0.717) is 12.6 Å². The van der Waals surface area contributed by atoms with Crippen molar-refractivity contribution in [3.05, 3.63) is 29.0 Å². The van der Waals surface area contributed by atoms with E-state index in [2.05, 4.69) is 25.3 Å². The van der Waals surface area contributed by atoms with Gasteiger partial charge in [0.1, 0.15) is 0 Å². The molecule has 20 heavy (non-hydrogen) atoms. The Kier molecular flexibility index (Phi) is 3.62. The fraction of sp³-hybridized carbons (Fsp3) is 0.167. The predicted molar refractivity (Wildman–Crippen MR) is 78.9 cm³/mol. The topological polar surface area (TPSA) is 72.8 Å². The van der Waals surface area contributed by atoms with Crippen LogP contribution in [0.3, 0.4) is 0 Å². The molecule has 0 spiro atoms. The number of ether oxygens (including phenoxy) is 1. The first-order valence-corrected chi connectivity index (χ1v) is 7.15. The van der Waals surface area contributed by atoms with Gasteiger partial charge in [0.25, 0.3) is 0 Å². The average molecular weight is 308 g/mol. The maximum Gasteiger partial charge on any atom is 0.322 e. The molecule has 2 heterocycles. The quantitative estimate of drug-likeness (QED) is 0.797. The van der Waals surface area contributed by atoms with Gasteiger partial charge in [0, 0.05) is 5.69 Å². The van der Waals surface area contributed by atoms with Crippen LogP contribution in [0.2, 0.25) is 5.28 Å². The Hall–Kier alpha value is -1.99. The molecule has 0 saturated heterocycles. The highest BCUT2D eigenvalue weighted by Crippen LogP contribution is 2.24. The molecule has 0 saturated carbocycles. The molecule has 0 amide bonds. The van der Waals surface area contributed by atoms with Gasteiger partial charge in [0.15, 0.2) is 0 Å². The second-order valence-corrected chi connectivity index (χ2v) is 5.03. The van der Waals surface area contributed by atoms with Gasteiger partial charge in [-0.1, -0.05) is 0 Å². The number of rotatable bonds is 4. The zero-order valence-electron chi connectivity index (χ0n) is 10.5. The van der Waals surface area contributed by atoms with E-state index in [9.17, 15) is 0 Å². The highest BCUT2D eigenvalue weighted by molar-refractivity contribution is 7.16. The van der Waals surface area contributed by atoms with Gasteiger partial charge in [-0.25, -0.2) is 4.98 Å². The van der Waals surface area contributed by atoms with Crippen molar-refractivity contribution in [1.29, 1.82) is 0 Å². The van der Waals surface area contributed by atoms with Gasteiger partial charge >= 0.3 is 6.01 Å². The molecule has 0 unspecified atom stereocenters. The lowest BCUT2D eigenvalue weighted by Gasteiger charge is -2.06. The minimum atomic E-state index is 0.0878. The standard InChI is InChI=1S/C12H10ClN5OS/c1-2-19-12-17-10(13)16-11(18-12)15-7-3-4-8-9(5-7)20-6-14-8/h3-6H,2H2,1H3,(H,15,16,17,18). The van der Waals surface area contributed by atoms with Crippen molar-refractivity contribution in [2.75, 3.05) is 11.9 Å². The fourth-order valence-corrected chi connectivity index (χ4v) is 2.51. The fourth-order valence-electron chi connectivity index (χ4n) is 1.64. The number of fused-ring (bicyclic) bond motifs is 1. The van der Waals surface area contributed by atoms with Gasteiger partial charge in [-0.2, -0.15) is 15.0 Å². The number of thiazole rings is 1. The summed E-state index contributed by atoms with van der Waals surface area (Å²) in [5.74, 6) is 0.345. The predicted octanol–water partition coefficient (Wildman–Crippen LogP) is 3.28. The van der Waals surface area contributed by atoms with Crippen LogP contribution < -0.4 is 10.1 Å². The number of benzene rings is 1. The van der Waals surface area contributed by atoms with Crippen LogP contribution in [0.25, 0.3) is 10.2 Å². The molecule has 3 rings (SSSR count). The van der Waals surface area contributed by atoms with Crippen LogP contribution in [0.1, 0.15) is 6.92 Å². The van der Waals surface area contributed by atoms with Crippen molar-refractivity contribution in [2.45, 2.75) is 6.92 Å². The van der Waals surface area contributed by atoms with Gasteiger partial charge in [-0.05, 0) is 36.7 Å². The average Bonchev–Trinajstić information content (AvgIpc) is 2.85. The highest BCUT2D eigenvalue weighted by Gasteiger charge is 2.07. The number of anilines is 2. The Morgan fingerprint density at radius 2 is 2.20 bits per heavy atom. The molecule has 1 N–H and O–H groups in total. The number of hydrogen-bond donors (Lipinski definition) is 1. The zero-order chi connectivity index (χ0) is 13.9. The SMILES string of the molecule is CCOc1nc(Cl)nc(Nc2ccc3ncsc3c2)n1. The van der Waals surface area contributed by atoms with Crippen LogP contribution in [-0.4, -0.2) is 26.5 Å². The Morgan fingerprint density at radius 3 is 3.05 bits per heavy atom. The first-order valence-electron chi connectivity index (χ1n) is 5.89. The summed E-state index contributed by atoms with van der Waals surface area (Å²) in [5, 5.41) is 3.17. The number of hydrogen-bond acceptors (Lipinski definition) is 7. The van der Waals surface area contributed by atoms with Crippen molar-refractivity contribution >= 4 is 44.8 Å². The van der Waals surface area contributed by atoms with Crippen LogP contribution in [0.4, 0.5) is 11.6 Å². The molecule has 0 radical (unpaired) electrons. The largest absolute Gasteiger partial charge is 0.464 e. The van der Waals surface area contributed by atoms with E-state index in [1.807, 2.05) is 25.1 Å². The van der Waals surface area contributed by atoms with E-state index < -0.39 is 0 Å². The maximum atomic E-state index is 5.84. The Bertz CT molecular complexity index is 748. The number of nitrogens with one attached hydrogen (secondary N) is 1. The van der Waals surface area contributed by atoms with Crippen molar-refractivity contribution in [2.24, 2.45) is 0 Å². The lowest BCUT2D eigenvalue weighted by Crippen LogP contribution is -2.03. The summed E-state index contributed by atoms with van der Waals surface area (Å²) >= 11 is 7.41. The normalized spacial score (nSPS) is 10.7. The molecule has 6 nitrogen and oxygen atoms in total. The molecule has 0 aliphatic heterocycles. The van der Waals surface area contributed by atoms with E-state index in [4.69, 9.17) is 16.3 Å². The zero-order valence-corrected chi connectivity index (χ0v) is 12.1. The van der Waals surface area contributed by atoms with Crippen LogP contribution in [0, 0.1) is 0 Å². The Labute approximate surface area is 123 Å². The van der Waals surface area contributed by atoms with Gasteiger partial charge in [-0.15, -0.1) is 11.3 Å². The summed E-state index contributed by atoms with van der Waals surface area (Å²) < 4.78 is 6.31. The smallest absolute Gasteiger partial charge is 0.322 e. The second kappa shape index (κ2) is 5.56. The van der Waals surface area contributed by atoms with Crippen LogP contribution in [0.5, 0.6) is 6.01 Å². The number of halogens is 1. The van der Waals surface area contributed by atoms with Crippen LogP contribution in [-0.2, 0) is 0 Å². The summed E-state index contributed by atoms with van der Waals surface area (Å²) in [7, 11) is 0. The summed E-state index contributed by atoms with van der Waals surface area (Å²) in [6.07, 6.45) is 0. The monoisotopic (exact) mass is 307 g/mol. The third-order valence-electron chi connectivity index (χ3n) is 2.45. The number of aromatic nitrogens is 4. The molecule has 0 aliphatic rings.